The summed E-state index contributed by atoms with van der Waals surface area (Å²) in [6.45, 7) is 0.426. The van der Waals surface area contributed by atoms with Crippen LogP contribution in [0.15, 0.2) is 78.0 Å². The van der Waals surface area contributed by atoms with Gasteiger partial charge in [-0.15, -0.1) is 10.2 Å². The van der Waals surface area contributed by atoms with E-state index in [9.17, 15) is 0 Å². The molecule has 0 amide bonds. The van der Waals surface area contributed by atoms with Crippen molar-refractivity contribution in [3.8, 4) is 22.9 Å². The van der Waals surface area contributed by atoms with Crippen LogP contribution in [-0.2, 0) is 6.61 Å². The number of fused-ring (bicyclic) bond motifs is 3. The van der Waals surface area contributed by atoms with Gasteiger partial charge in [0.05, 0.1) is 5.56 Å². The van der Waals surface area contributed by atoms with Crippen LogP contribution in [0.25, 0.3) is 11.3 Å². The maximum Gasteiger partial charge on any atom is 0.247 e. The normalized spacial score (nSPS) is 14.4. The number of halogens is 1. The Morgan fingerprint density at radius 2 is 1.84 bits per heavy atom. The molecule has 0 aliphatic carbocycles. The first-order valence-electron chi connectivity index (χ1n) is 9.99. The number of aromatic nitrogens is 3. The molecular formula is C24H19ClN4O2S. The van der Waals surface area contributed by atoms with Crippen LogP contribution in [0.1, 0.15) is 17.4 Å². The SMILES string of the molecule is CSc1nnc2c(n1)O[C@@H](c1cc(Cl)ccc1OCc1ccccc1)Nc1ccccc1-2. The van der Waals surface area contributed by atoms with Gasteiger partial charge in [-0.25, -0.2) is 0 Å². The number of hydrogen-bond acceptors (Lipinski definition) is 7. The summed E-state index contributed by atoms with van der Waals surface area (Å²) in [4.78, 5) is 4.57. The minimum atomic E-state index is -0.590. The topological polar surface area (TPSA) is 69.2 Å². The predicted molar refractivity (Wildman–Crippen MR) is 126 cm³/mol. The molecule has 3 aromatic carbocycles. The fourth-order valence-electron chi connectivity index (χ4n) is 3.47. The van der Waals surface area contributed by atoms with Crippen molar-refractivity contribution >= 4 is 29.1 Å². The summed E-state index contributed by atoms with van der Waals surface area (Å²) < 4.78 is 12.5. The van der Waals surface area contributed by atoms with Gasteiger partial charge in [-0.3, -0.25) is 0 Å². The maximum absolute atomic E-state index is 6.36. The zero-order valence-corrected chi connectivity index (χ0v) is 18.7. The zero-order valence-electron chi connectivity index (χ0n) is 17.2. The molecule has 2 heterocycles. The van der Waals surface area contributed by atoms with Crippen LogP contribution in [0.3, 0.4) is 0 Å². The van der Waals surface area contributed by atoms with Crippen LogP contribution in [0.4, 0.5) is 5.69 Å². The number of nitrogens with zero attached hydrogens (tertiary/aromatic N) is 3. The van der Waals surface area contributed by atoms with Crippen molar-refractivity contribution in [2.24, 2.45) is 0 Å². The second-order valence-corrected chi connectivity index (χ2v) is 8.31. The molecule has 0 bridgehead atoms. The predicted octanol–water partition coefficient (Wildman–Crippen LogP) is 6.00. The van der Waals surface area contributed by atoms with E-state index in [1.165, 1.54) is 11.8 Å². The lowest BCUT2D eigenvalue weighted by Gasteiger charge is -2.22. The first-order chi connectivity index (χ1) is 15.7. The summed E-state index contributed by atoms with van der Waals surface area (Å²) in [5.74, 6) is 1.07. The van der Waals surface area contributed by atoms with Gasteiger partial charge in [0, 0.05) is 16.3 Å². The number of para-hydroxylation sites is 1. The Hall–Kier alpha value is -3.29. The summed E-state index contributed by atoms with van der Waals surface area (Å²) in [5.41, 5.74) is 4.15. The van der Waals surface area contributed by atoms with Crippen LogP contribution >= 0.6 is 23.4 Å². The summed E-state index contributed by atoms with van der Waals surface area (Å²) in [5, 5.41) is 13.1. The number of thioether (sulfide) groups is 1. The molecule has 1 N–H and O–H groups in total. The fourth-order valence-corrected chi connectivity index (χ4v) is 3.94. The van der Waals surface area contributed by atoms with E-state index >= 15 is 0 Å². The van der Waals surface area contributed by atoms with E-state index in [1.54, 1.807) is 6.07 Å². The Morgan fingerprint density at radius 1 is 1.03 bits per heavy atom. The van der Waals surface area contributed by atoms with Crippen molar-refractivity contribution < 1.29 is 9.47 Å². The van der Waals surface area contributed by atoms with E-state index in [-0.39, 0.29) is 0 Å². The molecule has 1 atom stereocenters. The van der Waals surface area contributed by atoms with Crippen LogP contribution in [0.5, 0.6) is 11.6 Å². The Morgan fingerprint density at radius 3 is 2.69 bits per heavy atom. The molecular weight excluding hydrogens is 444 g/mol. The summed E-state index contributed by atoms with van der Waals surface area (Å²) in [6.07, 6.45) is 1.31. The molecule has 8 heteroatoms. The molecule has 0 saturated heterocycles. The smallest absolute Gasteiger partial charge is 0.247 e. The van der Waals surface area contributed by atoms with Crippen LogP contribution in [0.2, 0.25) is 5.02 Å². The van der Waals surface area contributed by atoms with E-state index in [1.807, 2.05) is 73.0 Å². The van der Waals surface area contributed by atoms with E-state index in [4.69, 9.17) is 21.1 Å². The number of ether oxygens (including phenoxy) is 2. The third-order valence-electron chi connectivity index (χ3n) is 5.01. The van der Waals surface area contributed by atoms with Crippen LogP contribution in [0, 0.1) is 0 Å². The number of rotatable bonds is 5. The average molecular weight is 463 g/mol. The average Bonchev–Trinajstić information content (AvgIpc) is 3.00. The fraction of sp³-hybridized carbons (Fsp3) is 0.125. The highest BCUT2D eigenvalue weighted by molar-refractivity contribution is 7.98. The summed E-state index contributed by atoms with van der Waals surface area (Å²) in [7, 11) is 0. The molecule has 0 unspecified atom stereocenters. The van der Waals surface area contributed by atoms with Crippen molar-refractivity contribution in [1.82, 2.24) is 15.2 Å². The van der Waals surface area contributed by atoms with Gasteiger partial charge >= 0.3 is 0 Å². The monoisotopic (exact) mass is 462 g/mol. The highest BCUT2D eigenvalue weighted by Crippen LogP contribution is 2.41. The largest absolute Gasteiger partial charge is 0.488 e. The Kier molecular flexibility index (Phi) is 5.83. The molecule has 160 valence electrons. The molecule has 0 radical (unpaired) electrons. The van der Waals surface area contributed by atoms with E-state index in [0.717, 1.165) is 22.4 Å². The summed E-state index contributed by atoms with van der Waals surface area (Å²) in [6, 6.07) is 23.3. The Labute approximate surface area is 195 Å². The van der Waals surface area contributed by atoms with Gasteiger partial charge in [0.2, 0.25) is 17.3 Å². The third-order valence-corrected chi connectivity index (χ3v) is 5.78. The van der Waals surface area contributed by atoms with Crippen molar-refractivity contribution in [3.63, 3.8) is 0 Å². The second kappa shape index (κ2) is 9.06. The van der Waals surface area contributed by atoms with Crippen molar-refractivity contribution in [2.75, 3.05) is 11.6 Å². The van der Waals surface area contributed by atoms with Gasteiger partial charge in [-0.2, -0.15) is 4.98 Å². The van der Waals surface area contributed by atoms with E-state index in [2.05, 4.69) is 20.5 Å². The zero-order chi connectivity index (χ0) is 21.9. The Balaban J connectivity index is 1.55. The standard InChI is InChI=1S/C24H19ClN4O2S/c1-32-24-27-23-21(28-29-24)17-9-5-6-10-19(17)26-22(31-23)18-13-16(25)11-12-20(18)30-14-15-7-3-2-4-8-15/h2-13,22,26H,14H2,1H3/t22-/m0/s1. The van der Waals surface area contributed by atoms with Gasteiger partial charge in [0.1, 0.15) is 12.4 Å². The molecule has 1 aliphatic rings. The molecule has 0 spiro atoms. The van der Waals surface area contributed by atoms with E-state index in [0.29, 0.717) is 34.1 Å². The van der Waals surface area contributed by atoms with Crippen molar-refractivity contribution in [3.05, 3.63) is 88.9 Å². The summed E-state index contributed by atoms with van der Waals surface area (Å²) >= 11 is 7.77. The van der Waals surface area contributed by atoms with Crippen molar-refractivity contribution in [1.29, 1.82) is 0 Å². The molecule has 1 aromatic heterocycles. The molecule has 4 aromatic rings. The number of nitrogens with one attached hydrogen (secondary N) is 1. The maximum atomic E-state index is 6.36. The van der Waals surface area contributed by atoms with Gasteiger partial charge in [0.15, 0.2) is 5.69 Å². The first-order valence-corrected chi connectivity index (χ1v) is 11.6. The Bertz CT molecular complexity index is 1260. The lowest BCUT2D eigenvalue weighted by molar-refractivity contribution is 0.214. The van der Waals surface area contributed by atoms with Gasteiger partial charge in [0.25, 0.3) is 0 Å². The molecule has 0 fully saturated rings. The molecule has 5 rings (SSSR count). The van der Waals surface area contributed by atoms with Gasteiger partial charge in [-0.05, 0) is 36.1 Å². The van der Waals surface area contributed by atoms with Gasteiger partial charge in [-0.1, -0.05) is 71.9 Å². The first kappa shape index (κ1) is 20.6. The number of benzene rings is 3. The van der Waals surface area contributed by atoms with Gasteiger partial charge < -0.3 is 14.8 Å². The molecule has 32 heavy (non-hydrogen) atoms. The van der Waals surface area contributed by atoms with E-state index < -0.39 is 6.23 Å². The highest BCUT2D eigenvalue weighted by atomic mass is 35.5. The second-order valence-electron chi connectivity index (χ2n) is 7.10. The molecule has 0 saturated carbocycles. The van der Waals surface area contributed by atoms with Crippen LogP contribution < -0.4 is 14.8 Å². The lowest BCUT2D eigenvalue weighted by Crippen LogP contribution is -2.18. The van der Waals surface area contributed by atoms with Crippen molar-refractivity contribution in [2.45, 2.75) is 18.0 Å². The number of anilines is 1. The number of hydrogen-bond donors (Lipinski definition) is 1. The minimum Gasteiger partial charge on any atom is -0.488 e. The minimum absolute atomic E-state index is 0.404. The van der Waals surface area contributed by atoms with Crippen LogP contribution in [-0.4, -0.2) is 21.4 Å². The third kappa shape index (κ3) is 4.22. The quantitative estimate of drug-likeness (QED) is 0.365. The molecule has 6 nitrogen and oxygen atoms in total. The molecule has 1 aliphatic heterocycles. The lowest BCUT2D eigenvalue weighted by atomic mass is 10.1. The highest BCUT2D eigenvalue weighted by Gasteiger charge is 2.28.